The summed E-state index contributed by atoms with van der Waals surface area (Å²) < 4.78 is 10.7. The van der Waals surface area contributed by atoms with Gasteiger partial charge in [0.1, 0.15) is 11.5 Å². The summed E-state index contributed by atoms with van der Waals surface area (Å²) in [5, 5.41) is 20.0. The number of aryl methyl sites for hydroxylation is 2. The van der Waals surface area contributed by atoms with Crippen molar-refractivity contribution in [2.45, 2.75) is 36.8 Å². The van der Waals surface area contributed by atoms with Gasteiger partial charge in [-0.3, -0.25) is 9.59 Å². The maximum atomic E-state index is 12.5. The van der Waals surface area contributed by atoms with Gasteiger partial charge in [-0.15, -0.1) is 11.8 Å². The molecule has 1 atom stereocenters. The van der Waals surface area contributed by atoms with E-state index in [1.807, 2.05) is 26.0 Å². The average Bonchev–Trinajstić information content (AvgIpc) is 2.74. The number of benzene rings is 2. The number of hydrogen-bond acceptors (Lipinski definition) is 7. The minimum Gasteiger partial charge on any atom is -0.508 e. The summed E-state index contributed by atoms with van der Waals surface area (Å²) in [6.45, 7) is 4.04. The summed E-state index contributed by atoms with van der Waals surface area (Å²) in [6.07, 6.45) is -0.133. The highest BCUT2D eigenvalue weighted by Gasteiger charge is 2.26. The van der Waals surface area contributed by atoms with E-state index >= 15 is 0 Å². The second-order valence-corrected chi connectivity index (χ2v) is 8.29. The SMILES string of the molecule is COC(=O)C[C@@H](c1ccc(O)cc1)c1oc(CSc2ccc(C)cc2C)cc(=O)c1O. The molecule has 2 aromatic carbocycles. The standard InChI is InChI=1S/C24H24O6S/c1-14-4-9-21(15(2)10-14)31-13-18-11-20(26)23(28)24(30-18)19(12-22(27)29-3)16-5-7-17(25)8-6-16/h4-11,19,25,28H,12-13H2,1-3H3/t19-/m0/s1. The van der Waals surface area contributed by atoms with Crippen molar-refractivity contribution in [2.75, 3.05) is 7.11 Å². The van der Waals surface area contributed by atoms with Gasteiger partial charge in [0.25, 0.3) is 0 Å². The molecule has 162 valence electrons. The number of carbonyl (C=O) groups excluding carboxylic acids is 1. The Morgan fingerprint density at radius 3 is 2.45 bits per heavy atom. The molecule has 0 aliphatic heterocycles. The van der Waals surface area contributed by atoms with Crippen LogP contribution in [0, 0.1) is 13.8 Å². The van der Waals surface area contributed by atoms with E-state index in [0.717, 1.165) is 10.5 Å². The zero-order valence-electron chi connectivity index (χ0n) is 17.5. The van der Waals surface area contributed by atoms with Crippen molar-refractivity contribution in [1.82, 2.24) is 0 Å². The minimum atomic E-state index is -0.744. The van der Waals surface area contributed by atoms with Gasteiger partial charge in [-0.05, 0) is 43.2 Å². The molecule has 0 bridgehead atoms. The molecule has 0 aliphatic carbocycles. The number of hydrogen-bond donors (Lipinski definition) is 2. The van der Waals surface area contributed by atoms with Crippen molar-refractivity contribution < 1.29 is 24.2 Å². The van der Waals surface area contributed by atoms with Gasteiger partial charge in [0, 0.05) is 11.0 Å². The van der Waals surface area contributed by atoms with E-state index in [1.165, 1.54) is 42.6 Å². The van der Waals surface area contributed by atoms with Gasteiger partial charge in [0.15, 0.2) is 5.76 Å². The van der Waals surface area contributed by atoms with Crippen LogP contribution in [0.3, 0.4) is 0 Å². The lowest BCUT2D eigenvalue weighted by atomic mass is 9.92. The summed E-state index contributed by atoms with van der Waals surface area (Å²) in [5.41, 5.74) is 2.31. The number of carbonyl (C=O) groups is 1. The van der Waals surface area contributed by atoms with Crippen molar-refractivity contribution in [1.29, 1.82) is 0 Å². The van der Waals surface area contributed by atoms with Crippen LogP contribution in [0.15, 0.2) is 62.6 Å². The van der Waals surface area contributed by atoms with Crippen LogP contribution in [0.4, 0.5) is 0 Å². The first-order chi connectivity index (χ1) is 14.8. The Hall–Kier alpha value is -3.19. The van der Waals surface area contributed by atoms with Gasteiger partial charge in [-0.2, -0.15) is 0 Å². The Bertz CT molecular complexity index is 1130. The summed E-state index contributed by atoms with van der Waals surface area (Å²) in [6, 6.07) is 13.5. The molecule has 0 radical (unpaired) electrons. The van der Waals surface area contributed by atoms with Crippen LogP contribution in [0.25, 0.3) is 0 Å². The Labute approximate surface area is 184 Å². The van der Waals surface area contributed by atoms with Gasteiger partial charge in [0.05, 0.1) is 25.2 Å². The number of methoxy groups -OCH3 is 1. The number of thioether (sulfide) groups is 1. The molecule has 0 aliphatic rings. The van der Waals surface area contributed by atoms with Gasteiger partial charge in [-0.1, -0.05) is 29.8 Å². The molecular weight excluding hydrogens is 416 g/mol. The highest BCUT2D eigenvalue weighted by molar-refractivity contribution is 7.98. The fourth-order valence-corrected chi connectivity index (χ4v) is 4.18. The molecule has 0 saturated heterocycles. The molecule has 6 nitrogen and oxygen atoms in total. The zero-order chi connectivity index (χ0) is 22.5. The number of esters is 1. The smallest absolute Gasteiger partial charge is 0.306 e. The second kappa shape index (κ2) is 9.75. The van der Waals surface area contributed by atoms with Crippen LogP contribution in [0.5, 0.6) is 11.5 Å². The lowest BCUT2D eigenvalue weighted by Gasteiger charge is -2.17. The predicted octanol–water partition coefficient (Wildman–Crippen LogP) is 4.66. The molecule has 0 amide bonds. The molecule has 0 unspecified atom stereocenters. The molecule has 0 spiro atoms. The first-order valence-electron chi connectivity index (χ1n) is 9.70. The number of rotatable bonds is 7. The monoisotopic (exact) mass is 440 g/mol. The van der Waals surface area contributed by atoms with Crippen molar-refractivity contribution in [3.8, 4) is 11.5 Å². The summed E-state index contributed by atoms with van der Waals surface area (Å²) in [7, 11) is 1.27. The summed E-state index contributed by atoms with van der Waals surface area (Å²) in [4.78, 5) is 25.5. The third-order valence-electron chi connectivity index (χ3n) is 4.91. The molecular formula is C24H24O6S. The molecule has 0 fully saturated rings. The quantitative estimate of drug-likeness (QED) is 0.407. The van der Waals surface area contributed by atoms with E-state index in [2.05, 4.69) is 6.07 Å². The molecule has 3 aromatic rings. The van der Waals surface area contributed by atoms with E-state index in [9.17, 15) is 19.8 Å². The van der Waals surface area contributed by atoms with Gasteiger partial charge in [0.2, 0.25) is 11.2 Å². The van der Waals surface area contributed by atoms with Crippen molar-refractivity contribution in [3.05, 3.63) is 87.0 Å². The first kappa shape index (κ1) is 22.5. The third-order valence-corrected chi connectivity index (χ3v) is 6.11. The molecule has 0 saturated carbocycles. The largest absolute Gasteiger partial charge is 0.508 e. The molecule has 7 heteroatoms. The molecule has 31 heavy (non-hydrogen) atoms. The van der Waals surface area contributed by atoms with E-state index in [4.69, 9.17) is 9.15 Å². The average molecular weight is 441 g/mol. The highest BCUT2D eigenvalue weighted by atomic mass is 32.2. The van der Waals surface area contributed by atoms with Gasteiger partial charge >= 0.3 is 5.97 Å². The van der Waals surface area contributed by atoms with Crippen LogP contribution in [-0.2, 0) is 15.3 Å². The topological polar surface area (TPSA) is 97.0 Å². The second-order valence-electron chi connectivity index (χ2n) is 7.27. The fraction of sp³-hybridized carbons (Fsp3) is 0.250. The van der Waals surface area contributed by atoms with E-state index in [0.29, 0.717) is 17.1 Å². The van der Waals surface area contributed by atoms with Crippen LogP contribution in [0.2, 0.25) is 0 Å². The maximum Gasteiger partial charge on any atom is 0.306 e. The number of phenols is 1. The Morgan fingerprint density at radius 1 is 1.10 bits per heavy atom. The molecule has 1 heterocycles. The van der Waals surface area contributed by atoms with Crippen molar-refractivity contribution in [3.63, 3.8) is 0 Å². The first-order valence-corrected chi connectivity index (χ1v) is 10.7. The number of aromatic hydroxyl groups is 2. The third kappa shape index (κ3) is 5.49. The van der Waals surface area contributed by atoms with E-state index in [1.54, 1.807) is 12.1 Å². The van der Waals surface area contributed by atoms with Gasteiger partial charge in [-0.25, -0.2) is 0 Å². The van der Waals surface area contributed by atoms with Crippen LogP contribution in [-0.4, -0.2) is 23.3 Å². The Morgan fingerprint density at radius 2 is 1.81 bits per heavy atom. The normalized spacial score (nSPS) is 11.8. The Balaban J connectivity index is 1.97. The molecule has 2 N–H and O–H groups in total. The predicted molar refractivity (Wildman–Crippen MR) is 119 cm³/mol. The maximum absolute atomic E-state index is 12.5. The van der Waals surface area contributed by atoms with E-state index < -0.39 is 23.1 Å². The lowest BCUT2D eigenvalue weighted by molar-refractivity contribution is -0.140. The highest BCUT2D eigenvalue weighted by Crippen LogP contribution is 2.35. The summed E-state index contributed by atoms with van der Waals surface area (Å²) >= 11 is 1.52. The number of ether oxygens (including phenoxy) is 1. The van der Waals surface area contributed by atoms with Crippen LogP contribution in [0.1, 0.15) is 40.5 Å². The van der Waals surface area contributed by atoms with Crippen molar-refractivity contribution >= 4 is 17.7 Å². The number of phenolic OH excluding ortho intramolecular Hbond substituents is 1. The summed E-state index contributed by atoms with van der Waals surface area (Å²) in [5.74, 6) is -0.974. The lowest BCUT2D eigenvalue weighted by Crippen LogP contribution is -2.14. The van der Waals surface area contributed by atoms with Crippen LogP contribution >= 0.6 is 11.8 Å². The fourth-order valence-electron chi connectivity index (χ4n) is 3.29. The zero-order valence-corrected chi connectivity index (χ0v) is 18.4. The van der Waals surface area contributed by atoms with Gasteiger partial charge < -0.3 is 19.4 Å². The van der Waals surface area contributed by atoms with Crippen LogP contribution < -0.4 is 5.43 Å². The van der Waals surface area contributed by atoms with Crippen molar-refractivity contribution in [2.24, 2.45) is 0 Å². The Kier molecular flexibility index (Phi) is 7.07. The molecule has 1 aromatic heterocycles. The van der Waals surface area contributed by atoms with E-state index in [-0.39, 0.29) is 17.9 Å². The molecule has 3 rings (SSSR count). The minimum absolute atomic E-state index is 0.000169.